The van der Waals surface area contributed by atoms with E-state index in [1.807, 2.05) is 19.1 Å². The van der Waals surface area contributed by atoms with Crippen LogP contribution < -0.4 is 5.32 Å². The van der Waals surface area contributed by atoms with Crippen molar-refractivity contribution < 1.29 is 12.8 Å². The average molecular weight is 293 g/mol. The molecule has 2 N–H and O–H groups in total. The Hall–Kier alpha value is -1.86. The molecular formula is C13H15N3O3S. The van der Waals surface area contributed by atoms with E-state index < -0.39 is 9.84 Å². The summed E-state index contributed by atoms with van der Waals surface area (Å²) in [5.74, 6) is 1.67. The zero-order chi connectivity index (χ0) is 14.2. The second kappa shape index (κ2) is 4.92. The van der Waals surface area contributed by atoms with Crippen LogP contribution in [0.3, 0.4) is 0 Å². The van der Waals surface area contributed by atoms with Gasteiger partial charge in [0.2, 0.25) is 0 Å². The molecule has 1 unspecified atom stereocenters. The number of furan rings is 1. The molecule has 3 rings (SSSR count). The molecule has 0 aromatic carbocycles. The van der Waals surface area contributed by atoms with Crippen molar-refractivity contribution in [1.82, 2.24) is 15.5 Å². The summed E-state index contributed by atoms with van der Waals surface area (Å²) in [6.45, 7) is 2.40. The number of aryl methyl sites for hydroxylation is 1. The standard InChI is InChI=1S/C13H15N3O3S/c1-9-2-3-12(19-9)13-10(7-15-16-13)6-14-11-4-5-20(17,18)8-11/h2-5,7,11,14H,6,8H2,1H3,(H,15,16). The maximum atomic E-state index is 11.3. The molecule has 0 saturated heterocycles. The SMILES string of the molecule is Cc1ccc(-c2[nH]ncc2CNC2C=CS(=O)(=O)C2)o1. The first-order valence-electron chi connectivity index (χ1n) is 6.27. The molecule has 20 heavy (non-hydrogen) atoms. The largest absolute Gasteiger partial charge is 0.460 e. The number of aromatic nitrogens is 2. The molecule has 106 valence electrons. The quantitative estimate of drug-likeness (QED) is 0.889. The molecule has 7 heteroatoms. The van der Waals surface area contributed by atoms with Crippen molar-refractivity contribution in [2.45, 2.75) is 19.5 Å². The third-order valence-electron chi connectivity index (χ3n) is 3.19. The lowest BCUT2D eigenvalue weighted by Gasteiger charge is -2.09. The van der Waals surface area contributed by atoms with Gasteiger partial charge >= 0.3 is 0 Å². The van der Waals surface area contributed by atoms with Crippen LogP contribution in [0.2, 0.25) is 0 Å². The van der Waals surface area contributed by atoms with E-state index >= 15 is 0 Å². The monoisotopic (exact) mass is 293 g/mol. The first-order valence-corrected chi connectivity index (χ1v) is 7.98. The van der Waals surface area contributed by atoms with Gasteiger partial charge in [-0.1, -0.05) is 6.08 Å². The summed E-state index contributed by atoms with van der Waals surface area (Å²) in [5, 5.41) is 11.4. The maximum Gasteiger partial charge on any atom is 0.173 e. The van der Waals surface area contributed by atoms with Crippen LogP contribution in [0.1, 0.15) is 11.3 Å². The minimum Gasteiger partial charge on any atom is -0.460 e. The summed E-state index contributed by atoms with van der Waals surface area (Å²) >= 11 is 0. The number of hydrogen-bond donors (Lipinski definition) is 2. The molecule has 0 bridgehead atoms. The summed E-state index contributed by atoms with van der Waals surface area (Å²) in [5.41, 5.74) is 1.76. The van der Waals surface area contributed by atoms with Crippen LogP contribution in [0, 0.1) is 6.92 Å². The molecule has 1 aliphatic rings. The molecule has 0 fully saturated rings. The number of rotatable bonds is 4. The van der Waals surface area contributed by atoms with Gasteiger partial charge in [0, 0.05) is 23.6 Å². The average Bonchev–Trinajstić information content (AvgIpc) is 3.06. The number of nitrogens with one attached hydrogen (secondary N) is 2. The van der Waals surface area contributed by atoms with Crippen molar-refractivity contribution in [2.75, 3.05) is 5.75 Å². The minimum atomic E-state index is -3.03. The zero-order valence-electron chi connectivity index (χ0n) is 11.0. The van der Waals surface area contributed by atoms with Crippen molar-refractivity contribution in [3.05, 3.63) is 41.1 Å². The predicted octanol–water partition coefficient (Wildman–Crippen LogP) is 1.38. The number of nitrogens with zero attached hydrogens (tertiary/aromatic N) is 1. The third-order valence-corrected chi connectivity index (χ3v) is 4.58. The van der Waals surface area contributed by atoms with E-state index in [0.717, 1.165) is 22.8 Å². The van der Waals surface area contributed by atoms with Crippen molar-refractivity contribution in [2.24, 2.45) is 0 Å². The Labute approximate surface area is 116 Å². The molecule has 6 nitrogen and oxygen atoms in total. The Bertz CT molecular complexity index is 743. The normalized spacial score (nSPS) is 20.6. The Morgan fingerprint density at radius 3 is 3.00 bits per heavy atom. The van der Waals surface area contributed by atoms with Gasteiger partial charge in [0.25, 0.3) is 0 Å². The predicted molar refractivity (Wildman–Crippen MR) is 74.6 cm³/mol. The van der Waals surface area contributed by atoms with Crippen LogP contribution in [0.25, 0.3) is 11.5 Å². The van der Waals surface area contributed by atoms with E-state index in [1.54, 1.807) is 12.3 Å². The van der Waals surface area contributed by atoms with Crippen LogP contribution >= 0.6 is 0 Å². The van der Waals surface area contributed by atoms with E-state index in [1.165, 1.54) is 5.41 Å². The Balaban J connectivity index is 1.70. The summed E-state index contributed by atoms with van der Waals surface area (Å²) in [6, 6.07) is 3.62. The number of H-pyrrole nitrogens is 1. The first-order chi connectivity index (χ1) is 9.53. The molecule has 2 aromatic heterocycles. The van der Waals surface area contributed by atoms with Crippen molar-refractivity contribution in [1.29, 1.82) is 0 Å². The highest BCUT2D eigenvalue weighted by molar-refractivity contribution is 7.94. The number of sulfone groups is 1. The van der Waals surface area contributed by atoms with Gasteiger partial charge in [0.1, 0.15) is 11.5 Å². The van der Waals surface area contributed by atoms with Crippen LogP contribution in [-0.4, -0.2) is 30.4 Å². The fourth-order valence-corrected chi connectivity index (χ4v) is 3.44. The van der Waals surface area contributed by atoms with E-state index in [4.69, 9.17) is 4.42 Å². The lowest BCUT2D eigenvalue weighted by Crippen LogP contribution is -2.29. The fourth-order valence-electron chi connectivity index (χ4n) is 2.17. The van der Waals surface area contributed by atoms with E-state index in [-0.39, 0.29) is 11.8 Å². The summed E-state index contributed by atoms with van der Waals surface area (Å²) in [6.07, 6.45) is 3.39. The summed E-state index contributed by atoms with van der Waals surface area (Å²) in [4.78, 5) is 0. The van der Waals surface area contributed by atoms with Crippen molar-refractivity contribution in [3.8, 4) is 11.5 Å². The zero-order valence-corrected chi connectivity index (χ0v) is 11.8. The molecule has 0 radical (unpaired) electrons. The van der Waals surface area contributed by atoms with Crippen molar-refractivity contribution in [3.63, 3.8) is 0 Å². The Morgan fingerprint density at radius 1 is 1.50 bits per heavy atom. The van der Waals surface area contributed by atoms with E-state index in [2.05, 4.69) is 15.5 Å². The van der Waals surface area contributed by atoms with Gasteiger partial charge in [-0.05, 0) is 19.1 Å². The highest BCUT2D eigenvalue weighted by Crippen LogP contribution is 2.23. The topological polar surface area (TPSA) is 88.0 Å². The smallest absolute Gasteiger partial charge is 0.173 e. The van der Waals surface area contributed by atoms with Crippen LogP contribution in [0.4, 0.5) is 0 Å². The first kappa shape index (κ1) is 13.1. The highest BCUT2D eigenvalue weighted by Gasteiger charge is 2.21. The van der Waals surface area contributed by atoms with Gasteiger partial charge in [0.05, 0.1) is 11.9 Å². The fraction of sp³-hybridized carbons (Fsp3) is 0.308. The molecule has 0 saturated carbocycles. The Kier molecular flexibility index (Phi) is 3.23. The molecule has 2 aromatic rings. The molecule has 0 aliphatic carbocycles. The Morgan fingerprint density at radius 2 is 2.35 bits per heavy atom. The van der Waals surface area contributed by atoms with Gasteiger partial charge in [-0.15, -0.1) is 0 Å². The molecule has 1 aliphatic heterocycles. The number of aromatic amines is 1. The van der Waals surface area contributed by atoms with Crippen LogP contribution in [0.15, 0.2) is 34.2 Å². The molecular weight excluding hydrogens is 278 g/mol. The van der Waals surface area contributed by atoms with E-state index in [0.29, 0.717) is 6.54 Å². The van der Waals surface area contributed by atoms with Gasteiger partial charge < -0.3 is 9.73 Å². The summed E-state index contributed by atoms with van der Waals surface area (Å²) in [7, 11) is -3.03. The molecule has 0 amide bonds. The van der Waals surface area contributed by atoms with Gasteiger partial charge in [-0.3, -0.25) is 5.10 Å². The molecule has 1 atom stereocenters. The molecule has 0 spiro atoms. The second-order valence-corrected chi connectivity index (χ2v) is 6.76. The van der Waals surface area contributed by atoms with E-state index in [9.17, 15) is 8.42 Å². The van der Waals surface area contributed by atoms with Crippen LogP contribution in [0.5, 0.6) is 0 Å². The van der Waals surface area contributed by atoms with Crippen LogP contribution in [-0.2, 0) is 16.4 Å². The van der Waals surface area contributed by atoms with Gasteiger partial charge in [-0.25, -0.2) is 8.42 Å². The summed E-state index contributed by atoms with van der Waals surface area (Å²) < 4.78 is 28.2. The molecule has 3 heterocycles. The van der Waals surface area contributed by atoms with Gasteiger partial charge in [0.15, 0.2) is 15.6 Å². The van der Waals surface area contributed by atoms with Gasteiger partial charge in [-0.2, -0.15) is 5.10 Å². The second-order valence-electron chi connectivity index (χ2n) is 4.83. The number of hydrogen-bond acceptors (Lipinski definition) is 5. The third kappa shape index (κ3) is 2.68. The highest BCUT2D eigenvalue weighted by atomic mass is 32.2. The minimum absolute atomic E-state index is 0.111. The lowest BCUT2D eigenvalue weighted by molar-refractivity contribution is 0.544. The lowest BCUT2D eigenvalue weighted by atomic mass is 10.2. The maximum absolute atomic E-state index is 11.3. The van der Waals surface area contributed by atoms with Crippen molar-refractivity contribution >= 4 is 9.84 Å².